The third kappa shape index (κ3) is 3.28. The number of ketones is 1. The Morgan fingerprint density at radius 2 is 1.86 bits per heavy atom. The van der Waals surface area contributed by atoms with Crippen molar-refractivity contribution in [2.75, 3.05) is 0 Å². The van der Waals surface area contributed by atoms with Crippen LogP contribution in [0.2, 0.25) is 0 Å². The molecule has 0 heterocycles. The van der Waals surface area contributed by atoms with Gasteiger partial charge in [0.25, 0.3) is 0 Å². The number of rotatable bonds is 3. The lowest BCUT2D eigenvalue weighted by Crippen LogP contribution is -2.22. The van der Waals surface area contributed by atoms with Gasteiger partial charge in [-0.3, -0.25) is 4.79 Å². The van der Waals surface area contributed by atoms with Crippen molar-refractivity contribution in [1.29, 1.82) is 0 Å². The molecule has 0 radical (unpaired) electrons. The highest BCUT2D eigenvalue weighted by Gasteiger charge is 2.27. The van der Waals surface area contributed by atoms with Crippen LogP contribution in [0.1, 0.15) is 52.9 Å². The first kappa shape index (κ1) is 11.5. The second-order valence-corrected chi connectivity index (χ2v) is 5.52. The molecule has 1 saturated carbocycles. The number of Topliss-reactive ketones (excluding diaryl/α,β-unsaturated/α-hetero) is 1. The van der Waals surface area contributed by atoms with Crippen molar-refractivity contribution in [2.24, 2.45) is 11.3 Å². The van der Waals surface area contributed by atoms with Crippen LogP contribution in [0, 0.1) is 11.3 Å². The van der Waals surface area contributed by atoms with Gasteiger partial charge >= 0.3 is 0 Å². The van der Waals surface area contributed by atoms with Crippen LogP contribution in [-0.2, 0) is 4.79 Å². The zero-order valence-corrected chi connectivity index (χ0v) is 9.73. The zero-order valence-electron chi connectivity index (χ0n) is 9.73. The molecule has 1 rings (SSSR count). The summed E-state index contributed by atoms with van der Waals surface area (Å²) in [6.07, 6.45) is 5.69. The minimum atomic E-state index is 0.259. The molecule has 1 nitrogen and oxygen atoms in total. The molecule has 1 heteroatoms. The molecular weight excluding hydrogens is 172 g/mol. The highest BCUT2D eigenvalue weighted by Crippen LogP contribution is 2.39. The molecular formula is C13H22O. The predicted octanol–water partition coefficient (Wildman–Crippen LogP) is 3.74. The minimum Gasteiger partial charge on any atom is -0.295 e. The van der Waals surface area contributed by atoms with Crippen molar-refractivity contribution in [3.63, 3.8) is 0 Å². The molecule has 0 bridgehead atoms. The summed E-state index contributed by atoms with van der Waals surface area (Å²) in [5.74, 6) is 0.877. The molecule has 0 spiro atoms. The molecule has 0 atom stereocenters. The van der Waals surface area contributed by atoms with Crippen LogP contribution in [0.4, 0.5) is 0 Å². The van der Waals surface area contributed by atoms with E-state index in [1.165, 1.54) is 25.7 Å². The quantitative estimate of drug-likeness (QED) is 0.625. The van der Waals surface area contributed by atoms with Gasteiger partial charge in [-0.25, -0.2) is 0 Å². The number of allylic oxidation sites excluding steroid dienone is 1. The summed E-state index contributed by atoms with van der Waals surface area (Å²) in [6, 6.07) is 0. The van der Waals surface area contributed by atoms with Crippen LogP contribution in [0.5, 0.6) is 0 Å². The van der Waals surface area contributed by atoms with Gasteiger partial charge in [-0.15, -0.1) is 0 Å². The predicted molar refractivity (Wildman–Crippen MR) is 60.2 cm³/mol. The SMILES string of the molecule is C=C(C)C(=O)CC1CCC(C)(C)CC1. The van der Waals surface area contributed by atoms with Gasteiger partial charge in [0.2, 0.25) is 0 Å². The Morgan fingerprint density at radius 3 is 2.29 bits per heavy atom. The van der Waals surface area contributed by atoms with Gasteiger partial charge in [-0.1, -0.05) is 20.4 Å². The van der Waals surface area contributed by atoms with Gasteiger partial charge in [-0.05, 0) is 49.5 Å². The third-order valence-electron chi connectivity index (χ3n) is 3.41. The largest absolute Gasteiger partial charge is 0.295 e. The molecule has 0 amide bonds. The molecule has 0 aromatic carbocycles. The van der Waals surface area contributed by atoms with E-state index >= 15 is 0 Å². The molecule has 0 aromatic heterocycles. The minimum absolute atomic E-state index is 0.259. The molecule has 80 valence electrons. The zero-order chi connectivity index (χ0) is 10.8. The highest BCUT2D eigenvalue weighted by atomic mass is 16.1. The number of hydrogen-bond donors (Lipinski definition) is 0. The summed E-state index contributed by atoms with van der Waals surface area (Å²) in [6.45, 7) is 10.2. The summed E-state index contributed by atoms with van der Waals surface area (Å²) in [7, 11) is 0. The Kier molecular flexibility index (Phi) is 3.52. The average Bonchev–Trinajstić information content (AvgIpc) is 2.08. The van der Waals surface area contributed by atoms with Crippen molar-refractivity contribution < 1.29 is 4.79 Å². The maximum absolute atomic E-state index is 11.5. The maximum Gasteiger partial charge on any atom is 0.158 e. The molecule has 14 heavy (non-hydrogen) atoms. The Bertz CT molecular complexity index is 228. The normalized spacial score (nSPS) is 21.9. The number of hydrogen-bond acceptors (Lipinski definition) is 1. The maximum atomic E-state index is 11.5. The average molecular weight is 194 g/mol. The Balaban J connectivity index is 2.36. The van der Waals surface area contributed by atoms with Crippen LogP contribution < -0.4 is 0 Å². The van der Waals surface area contributed by atoms with E-state index < -0.39 is 0 Å². The van der Waals surface area contributed by atoms with Gasteiger partial charge in [0.1, 0.15) is 0 Å². The Labute approximate surface area is 87.6 Å². The van der Waals surface area contributed by atoms with Crippen LogP contribution in [0.15, 0.2) is 12.2 Å². The second kappa shape index (κ2) is 4.29. The molecule has 0 aliphatic heterocycles. The standard InChI is InChI=1S/C13H22O/c1-10(2)12(14)9-11-5-7-13(3,4)8-6-11/h11H,1,5-9H2,2-4H3. The first-order valence-electron chi connectivity index (χ1n) is 5.59. The lowest BCUT2D eigenvalue weighted by atomic mass is 9.72. The number of carbonyl (C=O) groups excluding carboxylic acids is 1. The lowest BCUT2D eigenvalue weighted by Gasteiger charge is -2.34. The topological polar surface area (TPSA) is 17.1 Å². The van der Waals surface area contributed by atoms with Crippen molar-refractivity contribution in [3.05, 3.63) is 12.2 Å². The van der Waals surface area contributed by atoms with Gasteiger partial charge in [0, 0.05) is 6.42 Å². The van der Waals surface area contributed by atoms with E-state index in [0.717, 1.165) is 12.0 Å². The fourth-order valence-corrected chi connectivity index (χ4v) is 2.10. The van der Waals surface area contributed by atoms with Gasteiger partial charge in [-0.2, -0.15) is 0 Å². The first-order valence-corrected chi connectivity index (χ1v) is 5.59. The third-order valence-corrected chi connectivity index (χ3v) is 3.41. The van der Waals surface area contributed by atoms with Crippen molar-refractivity contribution in [3.8, 4) is 0 Å². The Morgan fingerprint density at radius 1 is 1.36 bits per heavy atom. The van der Waals surface area contributed by atoms with Crippen molar-refractivity contribution in [2.45, 2.75) is 52.9 Å². The monoisotopic (exact) mass is 194 g/mol. The molecule has 0 saturated heterocycles. The Hall–Kier alpha value is -0.590. The summed E-state index contributed by atoms with van der Waals surface area (Å²) >= 11 is 0. The smallest absolute Gasteiger partial charge is 0.158 e. The second-order valence-electron chi connectivity index (χ2n) is 5.52. The van der Waals surface area contributed by atoms with E-state index in [1.807, 2.05) is 6.92 Å². The fraction of sp³-hybridized carbons (Fsp3) is 0.769. The molecule has 0 N–H and O–H groups in total. The molecule has 1 aliphatic carbocycles. The van der Waals surface area contributed by atoms with E-state index in [0.29, 0.717) is 11.3 Å². The van der Waals surface area contributed by atoms with E-state index in [1.54, 1.807) is 0 Å². The first-order chi connectivity index (χ1) is 6.41. The lowest BCUT2D eigenvalue weighted by molar-refractivity contribution is -0.116. The highest BCUT2D eigenvalue weighted by molar-refractivity contribution is 5.94. The van der Waals surface area contributed by atoms with Crippen molar-refractivity contribution >= 4 is 5.78 Å². The van der Waals surface area contributed by atoms with E-state index in [9.17, 15) is 4.79 Å². The molecule has 0 aromatic rings. The molecule has 1 aliphatic rings. The number of carbonyl (C=O) groups is 1. The van der Waals surface area contributed by atoms with Crippen LogP contribution in [-0.4, -0.2) is 5.78 Å². The summed E-state index contributed by atoms with van der Waals surface area (Å²) in [5, 5.41) is 0. The van der Waals surface area contributed by atoms with Crippen LogP contribution in [0.25, 0.3) is 0 Å². The van der Waals surface area contributed by atoms with E-state index in [2.05, 4.69) is 20.4 Å². The molecule has 0 unspecified atom stereocenters. The van der Waals surface area contributed by atoms with Crippen LogP contribution in [0.3, 0.4) is 0 Å². The van der Waals surface area contributed by atoms with E-state index in [-0.39, 0.29) is 5.78 Å². The van der Waals surface area contributed by atoms with E-state index in [4.69, 9.17) is 0 Å². The summed E-state index contributed by atoms with van der Waals surface area (Å²) in [5.41, 5.74) is 1.22. The van der Waals surface area contributed by atoms with Gasteiger partial charge < -0.3 is 0 Å². The summed E-state index contributed by atoms with van der Waals surface area (Å²) < 4.78 is 0. The molecule has 1 fully saturated rings. The summed E-state index contributed by atoms with van der Waals surface area (Å²) in [4.78, 5) is 11.5. The van der Waals surface area contributed by atoms with Gasteiger partial charge in [0.15, 0.2) is 5.78 Å². The van der Waals surface area contributed by atoms with Crippen molar-refractivity contribution in [1.82, 2.24) is 0 Å². The fourth-order valence-electron chi connectivity index (χ4n) is 2.10. The van der Waals surface area contributed by atoms with Gasteiger partial charge in [0.05, 0.1) is 0 Å². The van der Waals surface area contributed by atoms with Crippen LogP contribution >= 0.6 is 0 Å².